The van der Waals surface area contributed by atoms with E-state index >= 15 is 0 Å². The number of hydrogen-bond acceptors (Lipinski definition) is 5. The first kappa shape index (κ1) is 15.1. The molecule has 90 valence electrons. The van der Waals surface area contributed by atoms with E-state index in [0.717, 1.165) is 21.8 Å². The SMILES string of the molecule is O=C(O)C(Sc1ccc2sccc2c1)[N+](=O)[O-].[H-].[Li+]. The molecule has 0 amide bonds. The molecule has 1 atom stereocenters. The zero-order valence-electron chi connectivity index (χ0n) is 10.4. The van der Waals surface area contributed by atoms with Gasteiger partial charge in [-0.2, -0.15) is 0 Å². The quantitative estimate of drug-likeness (QED) is 0.275. The minimum absolute atomic E-state index is 0. The molecule has 18 heavy (non-hydrogen) atoms. The summed E-state index contributed by atoms with van der Waals surface area (Å²) in [6.07, 6.45) is 0. The summed E-state index contributed by atoms with van der Waals surface area (Å²) in [7, 11) is 0. The van der Waals surface area contributed by atoms with Crippen molar-refractivity contribution in [1.82, 2.24) is 0 Å². The van der Waals surface area contributed by atoms with Crippen molar-refractivity contribution >= 4 is 39.2 Å². The van der Waals surface area contributed by atoms with Crippen LogP contribution in [0.2, 0.25) is 0 Å². The molecule has 1 N–H and O–H groups in total. The van der Waals surface area contributed by atoms with E-state index in [1.54, 1.807) is 23.5 Å². The summed E-state index contributed by atoms with van der Waals surface area (Å²) in [5.74, 6) is -1.44. The summed E-state index contributed by atoms with van der Waals surface area (Å²) in [5, 5.41) is 20.5. The van der Waals surface area contributed by atoms with E-state index < -0.39 is 16.3 Å². The Morgan fingerprint density at radius 3 is 2.83 bits per heavy atom. The summed E-state index contributed by atoms with van der Waals surface area (Å²) in [5.41, 5.74) is 0. The van der Waals surface area contributed by atoms with Crippen molar-refractivity contribution in [3.05, 3.63) is 39.8 Å². The van der Waals surface area contributed by atoms with Crippen molar-refractivity contribution in [1.29, 1.82) is 0 Å². The number of aliphatic carboxylic acids is 1. The van der Waals surface area contributed by atoms with Crippen LogP contribution < -0.4 is 18.9 Å². The number of thiophene rings is 1. The van der Waals surface area contributed by atoms with Gasteiger partial charge in [-0.3, -0.25) is 10.1 Å². The summed E-state index contributed by atoms with van der Waals surface area (Å²) >= 11 is 2.30. The number of nitro groups is 1. The Kier molecular flexibility index (Phi) is 5.23. The van der Waals surface area contributed by atoms with Gasteiger partial charge in [0.1, 0.15) is 0 Å². The van der Waals surface area contributed by atoms with Crippen LogP contribution >= 0.6 is 23.1 Å². The first-order chi connectivity index (χ1) is 8.08. The first-order valence-corrected chi connectivity index (χ1v) is 6.34. The van der Waals surface area contributed by atoms with E-state index in [2.05, 4.69) is 0 Å². The van der Waals surface area contributed by atoms with Gasteiger partial charge in [-0.15, -0.1) is 11.3 Å². The Morgan fingerprint density at radius 2 is 2.22 bits per heavy atom. The van der Waals surface area contributed by atoms with Crippen LogP contribution in [-0.4, -0.2) is 21.4 Å². The Labute approximate surface area is 124 Å². The van der Waals surface area contributed by atoms with Gasteiger partial charge in [-0.1, -0.05) is 0 Å². The molecule has 0 spiro atoms. The van der Waals surface area contributed by atoms with Crippen molar-refractivity contribution < 1.29 is 35.1 Å². The second kappa shape index (κ2) is 6.25. The van der Waals surface area contributed by atoms with Crippen LogP contribution in [0.15, 0.2) is 34.5 Å². The zero-order chi connectivity index (χ0) is 12.4. The van der Waals surface area contributed by atoms with Crippen LogP contribution in [0.1, 0.15) is 1.43 Å². The molecular formula is C10H8LiNO4S2. The number of carboxylic acid groups (broad SMARTS) is 1. The standard InChI is InChI=1S/C10H7NO4S2.Li.H/c12-10(13)9(11(14)15)17-7-1-2-8-6(5-7)3-4-16-8;;/h1-5,9H,(H,12,13);;/q;+1;-1. The van der Waals surface area contributed by atoms with Gasteiger partial charge in [-0.05, 0) is 46.8 Å². The molecule has 0 aliphatic carbocycles. The van der Waals surface area contributed by atoms with E-state index in [-0.39, 0.29) is 20.3 Å². The van der Waals surface area contributed by atoms with Gasteiger partial charge in [0.15, 0.2) is 0 Å². The molecule has 2 rings (SSSR count). The first-order valence-electron chi connectivity index (χ1n) is 4.58. The van der Waals surface area contributed by atoms with Crippen LogP contribution in [0.5, 0.6) is 0 Å². The van der Waals surface area contributed by atoms with Gasteiger partial charge in [0.05, 0.1) is 0 Å². The van der Waals surface area contributed by atoms with Crippen LogP contribution in [0.3, 0.4) is 0 Å². The molecule has 0 aliphatic rings. The minimum Gasteiger partial charge on any atom is -1.00 e. The molecule has 0 saturated carbocycles. The van der Waals surface area contributed by atoms with Crippen molar-refractivity contribution in [3.8, 4) is 0 Å². The molecule has 0 aliphatic heterocycles. The maximum absolute atomic E-state index is 10.7. The van der Waals surface area contributed by atoms with Gasteiger partial charge >= 0.3 is 30.2 Å². The summed E-state index contributed by atoms with van der Waals surface area (Å²) in [6.45, 7) is 0. The number of hydrogen-bond donors (Lipinski definition) is 1. The number of nitrogens with zero attached hydrogens (tertiary/aromatic N) is 1. The molecular weight excluding hydrogens is 269 g/mol. The molecule has 5 nitrogen and oxygen atoms in total. The predicted molar refractivity (Wildman–Crippen MR) is 67.2 cm³/mol. The number of benzene rings is 1. The van der Waals surface area contributed by atoms with E-state index in [0.29, 0.717) is 4.90 Å². The Bertz CT molecular complexity index is 578. The molecule has 0 radical (unpaired) electrons. The van der Waals surface area contributed by atoms with E-state index in [1.807, 2.05) is 17.5 Å². The zero-order valence-corrected chi connectivity index (χ0v) is 11.0. The van der Waals surface area contributed by atoms with Gasteiger partial charge in [0, 0.05) is 14.5 Å². The average molecular weight is 277 g/mol. The Morgan fingerprint density at radius 1 is 1.50 bits per heavy atom. The number of fused-ring (bicyclic) bond motifs is 1. The maximum atomic E-state index is 10.7. The maximum Gasteiger partial charge on any atom is 1.00 e. The third-order valence-corrected chi connectivity index (χ3v) is 4.10. The minimum atomic E-state index is -1.66. The van der Waals surface area contributed by atoms with Crippen molar-refractivity contribution in [2.24, 2.45) is 0 Å². The fraction of sp³-hybridized carbons (Fsp3) is 0.100. The monoisotopic (exact) mass is 277 g/mol. The van der Waals surface area contributed by atoms with Crippen LogP contribution in [0.4, 0.5) is 0 Å². The third-order valence-electron chi connectivity index (χ3n) is 2.07. The Balaban J connectivity index is 0.00000162. The predicted octanol–water partition coefficient (Wildman–Crippen LogP) is -0.203. The summed E-state index contributed by atoms with van der Waals surface area (Å²) < 4.78 is 1.07. The van der Waals surface area contributed by atoms with Gasteiger partial charge in [-0.25, -0.2) is 4.79 Å². The van der Waals surface area contributed by atoms with Gasteiger partial charge in [0.2, 0.25) is 0 Å². The second-order valence-electron chi connectivity index (χ2n) is 3.21. The molecule has 1 aromatic heterocycles. The van der Waals surface area contributed by atoms with Gasteiger partial charge in [0.25, 0.3) is 0 Å². The number of carboxylic acids is 1. The van der Waals surface area contributed by atoms with Crippen LogP contribution in [-0.2, 0) is 4.79 Å². The number of thioether (sulfide) groups is 1. The fourth-order valence-corrected chi connectivity index (χ4v) is 2.89. The topological polar surface area (TPSA) is 80.4 Å². The van der Waals surface area contributed by atoms with Crippen LogP contribution in [0, 0.1) is 10.1 Å². The molecule has 1 aromatic carbocycles. The molecule has 0 bridgehead atoms. The third kappa shape index (κ3) is 3.27. The molecule has 1 heterocycles. The number of rotatable bonds is 4. The van der Waals surface area contributed by atoms with Crippen molar-refractivity contribution in [3.63, 3.8) is 0 Å². The number of carbonyl (C=O) groups is 1. The summed E-state index contributed by atoms with van der Waals surface area (Å²) in [6, 6.07) is 7.19. The summed E-state index contributed by atoms with van der Waals surface area (Å²) in [4.78, 5) is 21.0. The molecule has 0 saturated heterocycles. The molecule has 2 aromatic rings. The van der Waals surface area contributed by atoms with Crippen LogP contribution in [0.25, 0.3) is 10.1 Å². The van der Waals surface area contributed by atoms with Gasteiger partial charge < -0.3 is 6.53 Å². The average Bonchev–Trinajstić information content (AvgIpc) is 2.71. The second-order valence-corrected chi connectivity index (χ2v) is 5.32. The van der Waals surface area contributed by atoms with Crippen molar-refractivity contribution in [2.45, 2.75) is 10.3 Å². The normalized spacial score (nSPS) is 11.8. The van der Waals surface area contributed by atoms with E-state index in [9.17, 15) is 14.9 Å². The smallest absolute Gasteiger partial charge is 1.00 e. The van der Waals surface area contributed by atoms with E-state index in [4.69, 9.17) is 5.11 Å². The molecule has 0 fully saturated rings. The fourth-order valence-electron chi connectivity index (χ4n) is 1.33. The largest absolute Gasteiger partial charge is 1.00 e. The molecule has 8 heteroatoms. The van der Waals surface area contributed by atoms with E-state index in [1.165, 1.54) is 0 Å². The Hall–Kier alpha value is -1.00. The van der Waals surface area contributed by atoms with Crippen molar-refractivity contribution in [2.75, 3.05) is 0 Å². The molecule has 1 unspecified atom stereocenters.